The Morgan fingerprint density at radius 3 is 2.47 bits per heavy atom. The Balaban J connectivity index is 2.45. The lowest BCUT2D eigenvalue weighted by Crippen LogP contribution is -2.04. The first-order valence-electron chi connectivity index (χ1n) is 5.80. The minimum atomic E-state index is -1.06. The third kappa shape index (κ3) is 2.74. The molecule has 100 valence electrons. The van der Waals surface area contributed by atoms with Gasteiger partial charge in [0.05, 0.1) is 7.11 Å². The van der Waals surface area contributed by atoms with Crippen LogP contribution in [0.5, 0.6) is 5.75 Å². The van der Waals surface area contributed by atoms with Gasteiger partial charge in [-0.2, -0.15) is 0 Å². The number of aryl methyl sites for hydroxylation is 1. The summed E-state index contributed by atoms with van der Waals surface area (Å²) in [5.41, 5.74) is 1.23. The monoisotopic (exact) mass is 264 g/mol. The highest BCUT2D eigenvalue weighted by Gasteiger charge is 2.17. The minimum absolute atomic E-state index is 0.313. The van der Waals surface area contributed by atoms with Gasteiger partial charge in [-0.3, -0.25) is 0 Å². The van der Waals surface area contributed by atoms with Crippen molar-refractivity contribution in [3.8, 4) is 5.75 Å². The fraction of sp³-hybridized carbons (Fsp3) is 0.200. The smallest absolute Gasteiger partial charge is 0.126 e. The molecule has 0 heterocycles. The molecular weight excluding hydrogens is 250 g/mol. The normalized spacial score (nSPS) is 12.3. The summed E-state index contributed by atoms with van der Waals surface area (Å²) in [6, 6.07) is 8.19. The van der Waals surface area contributed by atoms with Gasteiger partial charge in [-0.05, 0) is 42.3 Å². The first kappa shape index (κ1) is 13.5. The molecule has 2 rings (SSSR count). The summed E-state index contributed by atoms with van der Waals surface area (Å²) in [5.74, 6) is -0.424. The lowest BCUT2D eigenvalue weighted by atomic mass is 9.99. The van der Waals surface area contributed by atoms with Crippen molar-refractivity contribution < 1.29 is 18.6 Å². The quantitative estimate of drug-likeness (QED) is 0.921. The summed E-state index contributed by atoms with van der Waals surface area (Å²) >= 11 is 0. The van der Waals surface area contributed by atoms with Crippen LogP contribution in [0.4, 0.5) is 8.78 Å². The molecule has 0 spiro atoms. The molecule has 0 aliphatic carbocycles. The Hall–Kier alpha value is -1.94. The number of hydrogen-bond acceptors (Lipinski definition) is 2. The Kier molecular flexibility index (Phi) is 3.81. The van der Waals surface area contributed by atoms with Gasteiger partial charge in [0.1, 0.15) is 23.5 Å². The molecule has 0 bridgehead atoms. The predicted molar refractivity (Wildman–Crippen MR) is 68.2 cm³/mol. The molecular formula is C15H14F2O2. The number of benzene rings is 2. The summed E-state index contributed by atoms with van der Waals surface area (Å²) in [6.45, 7) is 1.61. The van der Waals surface area contributed by atoms with Gasteiger partial charge in [-0.1, -0.05) is 12.1 Å². The standard InChI is InChI=1S/C15H14F2O2/c1-9-7-10(3-5-13(9)17)15(18)12-8-11(16)4-6-14(12)19-2/h3-8,15,18H,1-2H3. The Labute approximate surface area is 110 Å². The average Bonchev–Trinajstić information content (AvgIpc) is 2.41. The van der Waals surface area contributed by atoms with Crippen LogP contribution in [-0.4, -0.2) is 12.2 Å². The van der Waals surface area contributed by atoms with Crippen LogP contribution in [0, 0.1) is 18.6 Å². The molecule has 0 aliphatic heterocycles. The van der Waals surface area contributed by atoms with Gasteiger partial charge in [-0.25, -0.2) is 8.78 Å². The van der Waals surface area contributed by atoms with Crippen LogP contribution < -0.4 is 4.74 Å². The second-order valence-electron chi connectivity index (χ2n) is 4.30. The lowest BCUT2D eigenvalue weighted by molar-refractivity contribution is 0.214. The average molecular weight is 264 g/mol. The fourth-order valence-electron chi connectivity index (χ4n) is 1.94. The summed E-state index contributed by atoms with van der Waals surface area (Å²) < 4.78 is 31.6. The topological polar surface area (TPSA) is 29.5 Å². The summed E-state index contributed by atoms with van der Waals surface area (Å²) in [6.07, 6.45) is -1.06. The van der Waals surface area contributed by atoms with Crippen LogP contribution in [0.15, 0.2) is 36.4 Å². The molecule has 2 aromatic rings. The maximum absolute atomic E-state index is 13.3. The molecule has 19 heavy (non-hydrogen) atoms. The molecule has 0 aromatic heterocycles. The highest BCUT2D eigenvalue weighted by atomic mass is 19.1. The molecule has 0 radical (unpaired) electrons. The molecule has 0 saturated heterocycles. The van der Waals surface area contributed by atoms with E-state index in [0.29, 0.717) is 22.4 Å². The Morgan fingerprint density at radius 1 is 1.11 bits per heavy atom. The van der Waals surface area contributed by atoms with Gasteiger partial charge >= 0.3 is 0 Å². The largest absolute Gasteiger partial charge is 0.496 e. The third-order valence-electron chi connectivity index (χ3n) is 2.98. The highest BCUT2D eigenvalue weighted by Crippen LogP contribution is 2.31. The molecule has 0 fully saturated rings. The number of aliphatic hydroxyl groups excluding tert-OH is 1. The Bertz CT molecular complexity index is 597. The van der Waals surface area contributed by atoms with Gasteiger partial charge in [0.25, 0.3) is 0 Å². The van der Waals surface area contributed by atoms with Crippen molar-refractivity contribution in [1.82, 2.24) is 0 Å². The number of halogens is 2. The molecule has 0 amide bonds. The number of aliphatic hydroxyl groups is 1. The summed E-state index contributed by atoms with van der Waals surface area (Å²) in [7, 11) is 1.44. The second-order valence-corrected chi connectivity index (χ2v) is 4.30. The molecule has 0 saturated carbocycles. The van der Waals surface area contributed by atoms with E-state index in [9.17, 15) is 13.9 Å². The van der Waals surface area contributed by atoms with Crippen molar-refractivity contribution in [2.24, 2.45) is 0 Å². The van der Waals surface area contributed by atoms with Crippen molar-refractivity contribution in [2.45, 2.75) is 13.0 Å². The van der Waals surface area contributed by atoms with Crippen molar-refractivity contribution in [3.63, 3.8) is 0 Å². The molecule has 2 aromatic carbocycles. The van der Waals surface area contributed by atoms with E-state index in [1.165, 1.54) is 43.5 Å². The van der Waals surface area contributed by atoms with Gasteiger partial charge in [0, 0.05) is 5.56 Å². The van der Waals surface area contributed by atoms with Gasteiger partial charge in [-0.15, -0.1) is 0 Å². The van der Waals surface area contributed by atoms with Crippen LogP contribution in [-0.2, 0) is 0 Å². The third-order valence-corrected chi connectivity index (χ3v) is 2.98. The van der Waals surface area contributed by atoms with E-state index in [4.69, 9.17) is 4.74 Å². The van der Waals surface area contributed by atoms with E-state index in [-0.39, 0.29) is 5.82 Å². The summed E-state index contributed by atoms with van der Waals surface area (Å²) in [4.78, 5) is 0. The van der Waals surface area contributed by atoms with E-state index >= 15 is 0 Å². The number of hydrogen-bond donors (Lipinski definition) is 1. The zero-order valence-electron chi connectivity index (χ0n) is 10.7. The van der Waals surface area contributed by atoms with E-state index < -0.39 is 11.9 Å². The van der Waals surface area contributed by atoms with E-state index in [0.717, 1.165) is 0 Å². The first-order chi connectivity index (χ1) is 9.02. The number of methoxy groups -OCH3 is 1. The van der Waals surface area contributed by atoms with Crippen LogP contribution in [0.25, 0.3) is 0 Å². The van der Waals surface area contributed by atoms with Crippen molar-refractivity contribution in [3.05, 3.63) is 64.7 Å². The number of rotatable bonds is 3. The van der Waals surface area contributed by atoms with Crippen molar-refractivity contribution >= 4 is 0 Å². The van der Waals surface area contributed by atoms with Crippen LogP contribution in [0.1, 0.15) is 22.8 Å². The highest BCUT2D eigenvalue weighted by molar-refractivity contribution is 5.41. The maximum atomic E-state index is 13.3. The van der Waals surface area contributed by atoms with Crippen LogP contribution in [0.3, 0.4) is 0 Å². The van der Waals surface area contributed by atoms with Crippen LogP contribution in [0.2, 0.25) is 0 Å². The van der Waals surface area contributed by atoms with Crippen molar-refractivity contribution in [2.75, 3.05) is 7.11 Å². The molecule has 1 N–H and O–H groups in total. The molecule has 0 aliphatic rings. The Morgan fingerprint density at radius 2 is 1.84 bits per heavy atom. The van der Waals surface area contributed by atoms with E-state index in [2.05, 4.69) is 0 Å². The number of ether oxygens (including phenoxy) is 1. The SMILES string of the molecule is COc1ccc(F)cc1C(O)c1ccc(F)c(C)c1. The summed E-state index contributed by atoms with van der Waals surface area (Å²) in [5, 5.41) is 10.3. The molecule has 4 heteroatoms. The minimum Gasteiger partial charge on any atom is -0.496 e. The van der Waals surface area contributed by atoms with Crippen molar-refractivity contribution in [1.29, 1.82) is 0 Å². The fourth-order valence-corrected chi connectivity index (χ4v) is 1.94. The van der Waals surface area contributed by atoms with Gasteiger partial charge in [0.2, 0.25) is 0 Å². The lowest BCUT2D eigenvalue weighted by Gasteiger charge is -2.16. The van der Waals surface area contributed by atoms with Gasteiger partial charge in [0.15, 0.2) is 0 Å². The second kappa shape index (κ2) is 5.36. The molecule has 1 atom stereocenters. The maximum Gasteiger partial charge on any atom is 0.126 e. The molecule has 1 unspecified atom stereocenters. The predicted octanol–water partition coefficient (Wildman–Crippen LogP) is 3.36. The zero-order chi connectivity index (χ0) is 14.0. The van der Waals surface area contributed by atoms with Gasteiger partial charge < -0.3 is 9.84 Å². The van der Waals surface area contributed by atoms with Crippen LogP contribution >= 0.6 is 0 Å². The van der Waals surface area contributed by atoms with E-state index in [1.54, 1.807) is 6.92 Å². The van der Waals surface area contributed by atoms with E-state index in [1.807, 2.05) is 0 Å². The zero-order valence-corrected chi connectivity index (χ0v) is 10.7. The first-order valence-corrected chi connectivity index (χ1v) is 5.80. The molecule has 2 nitrogen and oxygen atoms in total.